The zero-order valence-corrected chi connectivity index (χ0v) is 8.08. The van der Waals surface area contributed by atoms with Crippen LogP contribution in [0.25, 0.3) is 10.9 Å². The molecule has 2 rings (SSSR count). The first kappa shape index (κ1) is 8.01. The lowest BCUT2D eigenvalue weighted by Gasteiger charge is -1.97. The summed E-state index contributed by atoms with van der Waals surface area (Å²) in [5.74, 6) is -0.441. The molecule has 0 saturated heterocycles. The highest BCUT2D eigenvalue weighted by Gasteiger charge is 2.10. The standard InChI is InChI=1S/C7H3BrClFN2/c8-4-1-5(9)6(10)3-2-11-12-7(3)4/h1-2H,(H,11,12). The number of hydrogen-bond acceptors (Lipinski definition) is 1. The fraction of sp³-hybridized carbons (Fsp3) is 0. The Morgan fingerprint density at radius 2 is 2.33 bits per heavy atom. The summed E-state index contributed by atoms with van der Waals surface area (Å²) < 4.78 is 13.9. The molecular weight excluding hydrogens is 246 g/mol. The van der Waals surface area contributed by atoms with Crippen LogP contribution in [0.5, 0.6) is 0 Å². The van der Waals surface area contributed by atoms with Gasteiger partial charge in [-0.25, -0.2) is 4.39 Å². The number of nitrogens with zero attached hydrogens (tertiary/aromatic N) is 1. The van der Waals surface area contributed by atoms with E-state index in [-0.39, 0.29) is 5.02 Å². The van der Waals surface area contributed by atoms with Crippen LogP contribution in [-0.2, 0) is 0 Å². The van der Waals surface area contributed by atoms with Gasteiger partial charge >= 0.3 is 0 Å². The molecule has 0 radical (unpaired) electrons. The Hall–Kier alpha value is -0.610. The minimum atomic E-state index is -0.441. The molecule has 2 aromatic rings. The van der Waals surface area contributed by atoms with E-state index in [0.717, 1.165) is 0 Å². The first-order valence-electron chi connectivity index (χ1n) is 3.16. The second-order valence-electron chi connectivity index (χ2n) is 2.31. The van der Waals surface area contributed by atoms with Gasteiger partial charge in [-0.15, -0.1) is 0 Å². The van der Waals surface area contributed by atoms with E-state index in [0.29, 0.717) is 15.4 Å². The Kier molecular flexibility index (Phi) is 1.81. The smallest absolute Gasteiger partial charge is 0.152 e. The van der Waals surface area contributed by atoms with Gasteiger partial charge in [-0.1, -0.05) is 11.6 Å². The number of nitrogens with one attached hydrogen (secondary N) is 1. The summed E-state index contributed by atoms with van der Waals surface area (Å²) in [6, 6.07) is 1.50. The molecule has 0 atom stereocenters. The third kappa shape index (κ3) is 1.03. The monoisotopic (exact) mass is 248 g/mol. The molecule has 0 amide bonds. The molecule has 5 heteroatoms. The Morgan fingerprint density at radius 1 is 1.58 bits per heavy atom. The van der Waals surface area contributed by atoms with E-state index in [1.807, 2.05) is 0 Å². The van der Waals surface area contributed by atoms with Crippen LogP contribution >= 0.6 is 27.5 Å². The van der Waals surface area contributed by atoms with E-state index < -0.39 is 5.82 Å². The Bertz CT molecular complexity index is 440. The minimum absolute atomic E-state index is 0.0933. The number of aromatic amines is 1. The van der Waals surface area contributed by atoms with Crippen molar-refractivity contribution in [3.8, 4) is 0 Å². The van der Waals surface area contributed by atoms with E-state index in [4.69, 9.17) is 11.6 Å². The summed E-state index contributed by atoms with van der Waals surface area (Å²) in [5.41, 5.74) is 0.622. The molecule has 1 N–H and O–H groups in total. The molecule has 0 bridgehead atoms. The highest BCUT2D eigenvalue weighted by atomic mass is 79.9. The summed E-state index contributed by atoms with van der Waals surface area (Å²) in [6.07, 6.45) is 1.40. The van der Waals surface area contributed by atoms with Crippen LogP contribution < -0.4 is 0 Å². The topological polar surface area (TPSA) is 28.7 Å². The number of rotatable bonds is 0. The molecular formula is C7H3BrClFN2. The number of hydrogen-bond donors (Lipinski definition) is 1. The molecule has 62 valence electrons. The predicted octanol–water partition coefficient (Wildman–Crippen LogP) is 3.12. The fourth-order valence-corrected chi connectivity index (χ4v) is 1.88. The van der Waals surface area contributed by atoms with Gasteiger partial charge in [0.2, 0.25) is 0 Å². The van der Waals surface area contributed by atoms with Gasteiger partial charge in [0.05, 0.1) is 22.1 Å². The van der Waals surface area contributed by atoms with E-state index >= 15 is 0 Å². The number of benzene rings is 1. The molecule has 0 fully saturated rings. The normalized spacial score (nSPS) is 10.9. The van der Waals surface area contributed by atoms with E-state index in [2.05, 4.69) is 26.1 Å². The van der Waals surface area contributed by atoms with Gasteiger partial charge in [-0.05, 0) is 22.0 Å². The Balaban J connectivity index is 2.97. The lowest BCUT2D eigenvalue weighted by molar-refractivity contribution is 0.640. The molecule has 1 heterocycles. The summed E-state index contributed by atoms with van der Waals surface area (Å²) in [7, 11) is 0. The first-order valence-corrected chi connectivity index (χ1v) is 4.34. The fourth-order valence-electron chi connectivity index (χ4n) is 1.01. The van der Waals surface area contributed by atoms with Crippen molar-refractivity contribution < 1.29 is 4.39 Å². The highest BCUT2D eigenvalue weighted by Crippen LogP contribution is 2.29. The van der Waals surface area contributed by atoms with Gasteiger partial charge < -0.3 is 0 Å². The van der Waals surface area contributed by atoms with Crippen molar-refractivity contribution in [3.63, 3.8) is 0 Å². The van der Waals surface area contributed by atoms with Crippen molar-refractivity contribution in [2.24, 2.45) is 0 Å². The molecule has 1 aromatic carbocycles. The summed E-state index contributed by atoms with van der Waals surface area (Å²) >= 11 is 8.84. The third-order valence-corrected chi connectivity index (χ3v) is 2.48. The summed E-state index contributed by atoms with van der Waals surface area (Å²) in [5, 5.41) is 6.86. The Morgan fingerprint density at radius 3 is 3.08 bits per heavy atom. The van der Waals surface area contributed by atoms with Crippen LogP contribution in [0.4, 0.5) is 4.39 Å². The second-order valence-corrected chi connectivity index (χ2v) is 3.57. The summed E-state index contributed by atoms with van der Waals surface area (Å²) in [6.45, 7) is 0. The van der Waals surface area contributed by atoms with E-state index in [1.165, 1.54) is 12.3 Å². The van der Waals surface area contributed by atoms with Crippen molar-refractivity contribution in [1.82, 2.24) is 10.2 Å². The van der Waals surface area contributed by atoms with Crippen molar-refractivity contribution in [2.45, 2.75) is 0 Å². The zero-order valence-electron chi connectivity index (χ0n) is 5.74. The lowest BCUT2D eigenvalue weighted by atomic mass is 10.2. The largest absolute Gasteiger partial charge is 0.277 e. The molecule has 12 heavy (non-hydrogen) atoms. The predicted molar refractivity (Wildman–Crippen MR) is 48.8 cm³/mol. The third-order valence-electron chi connectivity index (χ3n) is 1.58. The number of fused-ring (bicyclic) bond motifs is 1. The van der Waals surface area contributed by atoms with E-state index in [9.17, 15) is 4.39 Å². The minimum Gasteiger partial charge on any atom is -0.277 e. The molecule has 0 aliphatic heterocycles. The average Bonchev–Trinajstić information content (AvgIpc) is 2.48. The van der Waals surface area contributed by atoms with Crippen molar-refractivity contribution in [1.29, 1.82) is 0 Å². The van der Waals surface area contributed by atoms with Gasteiger partial charge in [0, 0.05) is 4.47 Å². The molecule has 0 saturated carbocycles. The molecule has 2 nitrogen and oxygen atoms in total. The number of aromatic nitrogens is 2. The van der Waals surface area contributed by atoms with Gasteiger partial charge in [0.25, 0.3) is 0 Å². The molecule has 1 aromatic heterocycles. The quantitative estimate of drug-likeness (QED) is 0.714. The highest BCUT2D eigenvalue weighted by molar-refractivity contribution is 9.10. The van der Waals surface area contributed by atoms with Crippen LogP contribution in [0.3, 0.4) is 0 Å². The van der Waals surface area contributed by atoms with Crippen LogP contribution in [-0.4, -0.2) is 10.2 Å². The zero-order chi connectivity index (χ0) is 8.72. The number of halogens is 3. The number of H-pyrrole nitrogens is 1. The molecule has 0 aliphatic rings. The van der Waals surface area contributed by atoms with Gasteiger partial charge in [0.15, 0.2) is 5.82 Å². The van der Waals surface area contributed by atoms with Crippen molar-refractivity contribution in [3.05, 3.63) is 27.6 Å². The maximum atomic E-state index is 13.2. The van der Waals surface area contributed by atoms with Crippen LogP contribution in [0, 0.1) is 5.82 Å². The van der Waals surface area contributed by atoms with Gasteiger partial charge in [-0.3, -0.25) is 5.10 Å². The molecule has 0 aliphatic carbocycles. The SMILES string of the molecule is Fc1c(Cl)cc(Br)c2[nH]ncc12. The average molecular weight is 249 g/mol. The van der Waals surface area contributed by atoms with Crippen LogP contribution in [0.2, 0.25) is 5.02 Å². The molecule has 0 unspecified atom stereocenters. The maximum Gasteiger partial charge on any atom is 0.152 e. The van der Waals surface area contributed by atoms with Crippen LogP contribution in [0.1, 0.15) is 0 Å². The first-order chi connectivity index (χ1) is 5.70. The maximum absolute atomic E-state index is 13.2. The summed E-state index contributed by atoms with van der Waals surface area (Å²) in [4.78, 5) is 0. The second kappa shape index (κ2) is 2.71. The van der Waals surface area contributed by atoms with Crippen molar-refractivity contribution in [2.75, 3.05) is 0 Å². The molecule has 0 spiro atoms. The Labute approximate surface area is 80.8 Å². The van der Waals surface area contributed by atoms with Crippen molar-refractivity contribution >= 4 is 38.4 Å². The van der Waals surface area contributed by atoms with Gasteiger partial charge in [-0.2, -0.15) is 5.10 Å². The van der Waals surface area contributed by atoms with Gasteiger partial charge in [0.1, 0.15) is 0 Å². The lowest BCUT2D eigenvalue weighted by Crippen LogP contribution is -1.79. The van der Waals surface area contributed by atoms with E-state index in [1.54, 1.807) is 0 Å². The van der Waals surface area contributed by atoms with Crippen LogP contribution in [0.15, 0.2) is 16.7 Å².